The van der Waals surface area contributed by atoms with E-state index in [1.807, 2.05) is 0 Å². The highest BCUT2D eigenvalue weighted by molar-refractivity contribution is 4.71. The van der Waals surface area contributed by atoms with Gasteiger partial charge in [0.2, 0.25) is 0 Å². The second-order valence-electron chi connectivity index (χ2n) is 4.13. The SMILES string of the molecule is CC(CCC1CO1)COCC1CO1. The van der Waals surface area contributed by atoms with Crippen molar-refractivity contribution >= 4 is 0 Å². The average Bonchev–Trinajstić information content (AvgIpc) is 2.97. The van der Waals surface area contributed by atoms with Crippen LogP contribution in [0, 0.1) is 5.92 Å². The highest BCUT2D eigenvalue weighted by Crippen LogP contribution is 2.19. The molecule has 0 radical (unpaired) electrons. The normalized spacial score (nSPS) is 33.0. The van der Waals surface area contributed by atoms with Crippen LogP contribution >= 0.6 is 0 Å². The summed E-state index contributed by atoms with van der Waals surface area (Å²) in [6, 6.07) is 0. The maximum absolute atomic E-state index is 5.51. The Kier molecular flexibility index (Phi) is 3.19. The monoisotopic (exact) mass is 186 g/mol. The van der Waals surface area contributed by atoms with E-state index in [0.29, 0.717) is 18.1 Å². The van der Waals surface area contributed by atoms with E-state index in [1.165, 1.54) is 12.8 Å². The summed E-state index contributed by atoms with van der Waals surface area (Å²) in [5.41, 5.74) is 0. The van der Waals surface area contributed by atoms with Crippen molar-refractivity contribution in [2.75, 3.05) is 26.4 Å². The van der Waals surface area contributed by atoms with E-state index in [1.54, 1.807) is 0 Å². The number of hydrogen-bond acceptors (Lipinski definition) is 3. The molecule has 2 fully saturated rings. The molecule has 0 bridgehead atoms. The van der Waals surface area contributed by atoms with Gasteiger partial charge in [0.15, 0.2) is 0 Å². The Morgan fingerprint density at radius 3 is 2.62 bits per heavy atom. The van der Waals surface area contributed by atoms with Crippen molar-refractivity contribution in [3.8, 4) is 0 Å². The molecule has 76 valence electrons. The van der Waals surface area contributed by atoms with Gasteiger partial charge in [-0.15, -0.1) is 0 Å². The second kappa shape index (κ2) is 4.40. The zero-order valence-corrected chi connectivity index (χ0v) is 8.20. The van der Waals surface area contributed by atoms with Gasteiger partial charge in [0, 0.05) is 6.61 Å². The van der Waals surface area contributed by atoms with Crippen molar-refractivity contribution in [1.29, 1.82) is 0 Å². The predicted molar refractivity (Wildman–Crippen MR) is 48.7 cm³/mol. The summed E-state index contributed by atoms with van der Waals surface area (Å²) < 4.78 is 15.7. The molecular formula is C10H18O3. The van der Waals surface area contributed by atoms with Crippen molar-refractivity contribution in [3.63, 3.8) is 0 Å². The fourth-order valence-corrected chi connectivity index (χ4v) is 1.35. The lowest BCUT2D eigenvalue weighted by Gasteiger charge is -2.09. The summed E-state index contributed by atoms with van der Waals surface area (Å²) in [6.45, 7) is 5.75. The summed E-state index contributed by atoms with van der Waals surface area (Å²) in [7, 11) is 0. The highest BCUT2D eigenvalue weighted by Gasteiger charge is 2.24. The van der Waals surface area contributed by atoms with Crippen LogP contribution in [0.15, 0.2) is 0 Å². The Hall–Kier alpha value is -0.120. The zero-order valence-electron chi connectivity index (χ0n) is 8.20. The van der Waals surface area contributed by atoms with Gasteiger partial charge in [-0.25, -0.2) is 0 Å². The molecule has 2 aliphatic heterocycles. The summed E-state index contributed by atoms with van der Waals surface area (Å²) in [6.07, 6.45) is 3.38. The van der Waals surface area contributed by atoms with Crippen LogP contribution in [0.2, 0.25) is 0 Å². The first-order chi connectivity index (χ1) is 6.34. The molecule has 0 saturated carbocycles. The molecule has 2 saturated heterocycles. The molecule has 13 heavy (non-hydrogen) atoms. The fraction of sp³-hybridized carbons (Fsp3) is 1.00. The van der Waals surface area contributed by atoms with E-state index in [-0.39, 0.29) is 0 Å². The standard InChI is InChI=1S/C10H18O3/c1-8(2-3-9-6-12-9)4-11-5-10-7-13-10/h8-10H,2-7H2,1H3. The van der Waals surface area contributed by atoms with Crippen LogP contribution in [0.1, 0.15) is 19.8 Å². The maximum atomic E-state index is 5.51. The molecule has 3 nitrogen and oxygen atoms in total. The molecule has 0 spiro atoms. The van der Waals surface area contributed by atoms with E-state index in [2.05, 4.69) is 6.92 Å². The lowest BCUT2D eigenvalue weighted by atomic mass is 10.1. The van der Waals surface area contributed by atoms with Crippen LogP contribution in [0.3, 0.4) is 0 Å². The third kappa shape index (κ3) is 4.07. The molecule has 2 aliphatic rings. The molecule has 3 unspecified atom stereocenters. The Labute approximate surface area is 79.4 Å². The van der Waals surface area contributed by atoms with Crippen molar-refractivity contribution in [2.24, 2.45) is 5.92 Å². The van der Waals surface area contributed by atoms with Gasteiger partial charge < -0.3 is 14.2 Å². The van der Waals surface area contributed by atoms with Crippen LogP contribution in [-0.4, -0.2) is 38.6 Å². The molecular weight excluding hydrogens is 168 g/mol. The molecule has 3 heteroatoms. The zero-order chi connectivity index (χ0) is 9.10. The lowest BCUT2D eigenvalue weighted by molar-refractivity contribution is 0.0871. The van der Waals surface area contributed by atoms with Gasteiger partial charge in [-0.2, -0.15) is 0 Å². The Bertz CT molecular complexity index is 152. The van der Waals surface area contributed by atoms with Crippen LogP contribution in [-0.2, 0) is 14.2 Å². The first-order valence-corrected chi connectivity index (χ1v) is 5.15. The quantitative estimate of drug-likeness (QED) is 0.561. The summed E-state index contributed by atoms with van der Waals surface area (Å²) in [4.78, 5) is 0. The summed E-state index contributed by atoms with van der Waals surface area (Å²) in [5.74, 6) is 0.656. The van der Waals surface area contributed by atoms with Gasteiger partial charge in [-0.3, -0.25) is 0 Å². The smallest absolute Gasteiger partial charge is 0.104 e. The van der Waals surface area contributed by atoms with E-state index in [0.717, 1.165) is 26.4 Å². The highest BCUT2D eigenvalue weighted by atomic mass is 16.6. The second-order valence-corrected chi connectivity index (χ2v) is 4.13. The van der Waals surface area contributed by atoms with Crippen LogP contribution in [0.25, 0.3) is 0 Å². The molecule has 0 aliphatic carbocycles. The Balaban J connectivity index is 1.42. The molecule has 0 N–H and O–H groups in total. The third-order valence-corrected chi connectivity index (χ3v) is 2.49. The maximum Gasteiger partial charge on any atom is 0.104 e. The molecule has 0 amide bonds. The largest absolute Gasteiger partial charge is 0.378 e. The minimum Gasteiger partial charge on any atom is -0.378 e. The van der Waals surface area contributed by atoms with Gasteiger partial charge in [-0.1, -0.05) is 6.92 Å². The summed E-state index contributed by atoms with van der Waals surface area (Å²) >= 11 is 0. The first kappa shape index (κ1) is 9.44. The minimum absolute atomic E-state index is 0.402. The fourth-order valence-electron chi connectivity index (χ4n) is 1.35. The molecule has 3 atom stereocenters. The van der Waals surface area contributed by atoms with Crippen LogP contribution < -0.4 is 0 Å². The van der Waals surface area contributed by atoms with E-state index < -0.39 is 0 Å². The van der Waals surface area contributed by atoms with Gasteiger partial charge in [0.25, 0.3) is 0 Å². The van der Waals surface area contributed by atoms with E-state index >= 15 is 0 Å². The van der Waals surface area contributed by atoms with E-state index in [4.69, 9.17) is 14.2 Å². The Morgan fingerprint density at radius 2 is 2.00 bits per heavy atom. The van der Waals surface area contributed by atoms with Crippen LogP contribution in [0.4, 0.5) is 0 Å². The number of rotatable bonds is 7. The average molecular weight is 186 g/mol. The molecule has 0 aromatic rings. The van der Waals surface area contributed by atoms with Gasteiger partial charge in [-0.05, 0) is 18.8 Å². The van der Waals surface area contributed by atoms with Crippen molar-refractivity contribution < 1.29 is 14.2 Å². The first-order valence-electron chi connectivity index (χ1n) is 5.15. The van der Waals surface area contributed by atoms with Gasteiger partial charge in [0.05, 0.1) is 25.9 Å². The Morgan fingerprint density at radius 1 is 1.31 bits per heavy atom. The predicted octanol–water partition coefficient (Wildman–Crippen LogP) is 1.22. The topological polar surface area (TPSA) is 34.3 Å². The van der Waals surface area contributed by atoms with Crippen molar-refractivity contribution in [3.05, 3.63) is 0 Å². The molecule has 2 rings (SSSR count). The molecule has 0 aromatic carbocycles. The van der Waals surface area contributed by atoms with Crippen molar-refractivity contribution in [1.82, 2.24) is 0 Å². The van der Waals surface area contributed by atoms with Crippen molar-refractivity contribution in [2.45, 2.75) is 32.0 Å². The third-order valence-electron chi connectivity index (χ3n) is 2.49. The minimum atomic E-state index is 0.402. The summed E-state index contributed by atoms with van der Waals surface area (Å²) in [5, 5.41) is 0. The number of hydrogen-bond donors (Lipinski definition) is 0. The van der Waals surface area contributed by atoms with Crippen LogP contribution in [0.5, 0.6) is 0 Å². The van der Waals surface area contributed by atoms with E-state index in [9.17, 15) is 0 Å². The van der Waals surface area contributed by atoms with Gasteiger partial charge in [0.1, 0.15) is 6.10 Å². The molecule has 0 aromatic heterocycles. The number of ether oxygens (including phenoxy) is 3. The molecule has 2 heterocycles. The lowest BCUT2D eigenvalue weighted by Crippen LogP contribution is -2.10. The number of epoxide rings is 2. The van der Waals surface area contributed by atoms with Gasteiger partial charge >= 0.3 is 0 Å².